The Morgan fingerprint density at radius 2 is 2.05 bits per heavy atom. The lowest BCUT2D eigenvalue weighted by molar-refractivity contribution is 0.281. The molecular formula is C12H11ClN6O. The highest BCUT2D eigenvalue weighted by Gasteiger charge is 2.13. The molecule has 0 atom stereocenters. The molecule has 1 N–H and O–H groups in total. The molecule has 8 heteroatoms. The van der Waals surface area contributed by atoms with Crippen LogP contribution in [0.1, 0.15) is 11.3 Å². The molecule has 0 aliphatic rings. The summed E-state index contributed by atoms with van der Waals surface area (Å²) < 4.78 is 1.62. The number of aliphatic hydroxyl groups excluding tert-OH is 1. The van der Waals surface area contributed by atoms with Crippen molar-refractivity contribution in [3.8, 4) is 11.5 Å². The van der Waals surface area contributed by atoms with Crippen molar-refractivity contribution in [2.24, 2.45) is 0 Å². The molecule has 0 aliphatic carbocycles. The van der Waals surface area contributed by atoms with Gasteiger partial charge in [0.05, 0.1) is 24.7 Å². The zero-order valence-electron chi connectivity index (χ0n) is 10.6. The third-order valence-electron chi connectivity index (χ3n) is 2.78. The summed E-state index contributed by atoms with van der Waals surface area (Å²) in [5.74, 6) is 0.574. The molecule has 0 spiro atoms. The van der Waals surface area contributed by atoms with E-state index in [0.717, 1.165) is 5.69 Å². The molecule has 3 rings (SSSR count). The fraction of sp³-hybridized carbons (Fsp3) is 0.167. The van der Waals surface area contributed by atoms with Crippen LogP contribution >= 0.6 is 11.6 Å². The standard InChI is InChI=1S/C12H11ClN6O/c1-8-6-10(9(7-20)12(13)16-8)18-5-2-11(17-18)19-14-3-4-15-19/h2-6,20H,7H2,1H3. The zero-order chi connectivity index (χ0) is 14.1. The van der Waals surface area contributed by atoms with E-state index in [1.807, 2.05) is 13.0 Å². The maximum absolute atomic E-state index is 9.45. The van der Waals surface area contributed by atoms with Crippen LogP contribution in [0.5, 0.6) is 0 Å². The summed E-state index contributed by atoms with van der Waals surface area (Å²) in [6.45, 7) is 1.62. The second-order valence-corrected chi connectivity index (χ2v) is 4.51. The number of nitrogens with zero attached hydrogens (tertiary/aromatic N) is 6. The van der Waals surface area contributed by atoms with Gasteiger partial charge in [0.2, 0.25) is 0 Å². The van der Waals surface area contributed by atoms with Crippen LogP contribution in [0.25, 0.3) is 11.5 Å². The van der Waals surface area contributed by atoms with Gasteiger partial charge in [-0.25, -0.2) is 9.67 Å². The Balaban J connectivity index is 2.10. The van der Waals surface area contributed by atoms with Gasteiger partial charge in [0.15, 0.2) is 5.82 Å². The second kappa shape index (κ2) is 5.03. The quantitative estimate of drug-likeness (QED) is 0.735. The number of hydrogen-bond acceptors (Lipinski definition) is 5. The van der Waals surface area contributed by atoms with Crippen molar-refractivity contribution < 1.29 is 5.11 Å². The Kier molecular flexibility index (Phi) is 3.21. The highest BCUT2D eigenvalue weighted by molar-refractivity contribution is 6.30. The summed E-state index contributed by atoms with van der Waals surface area (Å²) in [5.41, 5.74) is 1.96. The molecule has 0 aromatic carbocycles. The van der Waals surface area contributed by atoms with Gasteiger partial charge in [0.1, 0.15) is 5.15 Å². The fourth-order valence-corrected chi connectivity index (χ4v) is 2.17. The van der Waals surface area contributed by atoms with Crippen molar-refractivity contribution in [2.45, 2.75) is 13.5 Å². The lowest BCUT2D eigenvalue weighted by atomic mass is 10.2. The molecule has 0 unspecified atom stereocenters. The smallest absolute Gasteiger partial charge is 0.196 e. The van der Waals surface area contributed by atoms with Crippen LogP contribution in [0.15, 0.2) is 30.7 Å². The van der Waals surface area contributed by atoms with Crippen molar-refractivity contribution in [3.63, 3.8) is 0 Å². The average Bonchev–Trinajstić information content (AvgIpc) is 3.09. The Morgan fingerprint density at radius 3 is 2.75 bits per heavy atom. The van der Waals surface area contributed by atoms with E-state index in [0.29, 0.717) is 17.1 Å². The Morgan fingerprint density at radius 1 is 1.30 bits per heavy atom. The van der Waals surface area contributed by atoms with E-state index in [1.54, 1.807) is 29.3 Å². The molecular weight excluding hydrogens is 280 g/mol. The van der Waals surface area contributed by atoms with Gasteiger partial charge in [0, 0.05) is 23.5 Å². The molecule has 0 fully saturated rings. The van der Waals surface area contributed by atoms with Crippen molar-refractivity contribution in [1.29, 1.82) is 0 Å². The first-order valence-electron chi connectivity index (χ1n) is 5.88. The molecule has 102 valence electrons. The molecule has 3 heterocycles. The minimum atomic E-state index is -0.212. The van der Waals surface area contributed by atoms with Gasteiger partial charge >= 0.3 is 0 Å². The first kappa shape index (κ1) is 12.8. The van der Waals surface area contributed by atoms with Crippen LogP contribution in [-0.2, 0) is 6.61 Å². The summed E-state index contributed by atoms with van der Waals surface area (Å²) >= 11 is 6.05. The molecule has 20 heavy (non-hydrogen) atoms. The highest BCUT2D eigenvalue weighted by atomic mass is 35.5. The number of pyridine rings is 1. The molecule has 0 saturated heterocycles. The largest absolute Gasteiger partial charge is 0.391 e. The van der Waals surface area contributed by atoms with Gasteiger partial charge in [-0.15, -0.1) is 9.90 Å². The van der Waals surface area contributed by atoms with Crippen molar-refractivity contribution in [1.82, 2.24) is 29.8 Å². The van der Waals surface area contributed by atoms with E-state index in [4.69, 9.17) is 11.6 Å². The zero-order valence-corrected chi connectivity index (χ0v) is 11.4. The topological polar surface area (TPSA) is 81.7 Å². The summed E-state index contributed by atoms with van der Waals surface area (Å²) in [6.07, 6.45) is 4.90. The van der Waals surface area contributed by atoms with Crippen LogP contribution in [0, 0.1) is 6.92 Å². The molecule has 0 aliphatic heterocycles. The van der Waals surface area contributed by atoms with Crippen LogP contribution in [0.2, 0.25) is 5.15 Å². The third-order valence-corrected chi connectivity index (χ3v) is 3.09. The van der Waals surface area contributed by atoms with Crippen molar-refractivity contribution >= 4 is 11.6 Å². The first-order chi connectivity index (χ1) is 9.69. The minimum absolute atomic E-state index is 0.212. The number of hydrogen-bond donors (Lipinski definition) is 1. The van der Waals surface area contributed by atoms with Gasteiger partial charge in [0.25, 0.3) is 0 Å². The fourth-order valence-electron chi connectivity index (χ4n) is 1.89. The second-order valence-electron chi connectivity index (χ2n) is 4.15. The summed E-state index contributed by atoms with van der Waals surface area (Å²) in [5, 5.41) is 22.1. The first-order valence-corrected chi connectivity index (χ1v) is 6.26. The number of aliphatic hydroxyl groups is 1. The summed E-state index contributed by atoms with van der Waals surface area (Å²) in [4.78, 5) is 5.53. The van der Waals surface area contributed by atoms with Crippen molar-refractivity contribution in [3.05, 3.63) is 47.1 Å². The SMILES string of the molecule is Cc1cc(-n2ccc(-n3nccn3)n2)c(CO)c(Cl)n1. The monoisotopic (exact) mass is 290 g/mol. The Labute approximate surface area is 119 Å². The molecule has 0 bridgehead atoms. The maximum atomic E-state index is 9.45. The van der Waals surface area contributed by atoms with Crippen LogP contribution in [0.4, 0.5) is 0 Å². The van der Waals surface area contributed by atoms with Crippen LogP contribution in [0.3, 0.4) is 0 Å². The number of halogens is 1. The van der Waals surface area contributed by atoms with Gasteiger partial charge in [-0.1, -0.05) is 11.6 Å². The van der Waals surface area contributed by atoms with E-state index >= 15 is 0 Å². The molecule has 3 aromatic heterocycles. The van der Waals surface area contributed by atoms with E-state index in [2.05, 4.69) is 20.3 Å². The van der Waals surface area contributed by atoms with Gasteiger partial charge in [-0.05, 0) is 13.0 Å². The van der Waals surface area contributed by atoms with Crippen molar-refractivity contribution in [2.75, 3.05) is 0 Å². The van der Waals surface area contributed by atoms with Gasteiger partial charge < -0.3 is 5.11 Å². The molecule has 3 aromatic rings. The number of rotatable bonds is 3. The summed E-state index contributed by atoms with van der Waals surface area (Å²) in [7, 11) is 0. The normalized spacial score (nSPS) is 10.9. The number of aryl methyl sites for hydroxylation is 1. The Bertz CT molecular complexity index is 736. The van der Waals surface area contributed by atoms with E-state index < -0.39 is 0 Å². The molecule has 7 nitrogen and oxygen atoms in total. The minimum Gasteiger partial charge on any atom is -0.391 e. The molecule has 0 radical (unpaired) electrons. The average molecular weight is 291 g/mol. The lowest BCUT2D eigenvalue weighted by Crippen LogP contribution is -2.06. The van der Waals surface area contributed by atoms with Gasteiger partial charge in [-0.3, -0.25) is 0 Å². The van der Waals surface area contributed by atoms with Gasteiger partial charge in [-0.2, -0.15) is 10.2 Å². The third kappa shape index (κ3) is 2.17. The van der Waals surface area contributed by atoms with E-state index in [9.17, 15) is 5.11 Å². The highest BCUT2D eigenvalue weighted by Crippen LogP contribution is 2.22. The maximum Gasteiger partial charge on any atom is 0.196 e. The Hall–Kier alpha value is -2.25. The lowest BCUT2D eigenvalue weighted by Gasteiger charge is -2.09. The van der Waals surface area contributed by atoms with Crippen LogP contribution < -0.4 is 0 Å². The predicted molar refractivity (Wildman–Crippen MR) is 71.9 cm³/mol. The predicted octanol–water partition coefficient (Wildman–Crippen LogP) is 1.30. The molecule has 0 amide bonds. The van der Waals surface area contributed by atoms with Crippen LogP contribution in [-0.4, -0.2) is 34.9 Å². The van der Waals surface area contributed by atoms with E-state index in [-0.39, 0.29) is 11.8 Å². The summed E-state index contributed by atoms with van der Waals surface area (Å²) in [6, 6.07) is 3.58. The number of aromatic nitrogens is 6. The molecule has 0 saturated carbocycles. The van der Waals surface area contributed by atoms with E-state index in [1.165, 1.54) is 4.80 Å².